The fourth-order valence-corrected chi connectivity index (χ4v) is 2.26. The highest BCUT2D eigenvalue weighted by atomic mass is 35.5. The predicted molar refractivity (Wildman–Crippen MR) is 79.8 cm³/mol. The molecule has 0 spiro atoms. The third kappa shape index (κ3) is 2.65. The Kier molecular flexibility index (Phi) is 3.39. The van der Waals surface area contributed by atoms with Crippen molar-refractivity contribution in [1.82, 2.24) is 9.55 Å². The predicted octanol–water partition coefficient (Wildman–Crippen LogP) is 3.33. The fourth-order valence-electron chi connectivity index (χ4n) is 2.08. The molecule has 0 aliphatic rings. The number of aromatic nitrogens is 2. The zero-order valence-corrected chi connectivity index (χ0v) is 11.3. The van der Waals surface area contributed by atoms with Crippen molar-refractivity contribution >= 4 is 34.2 Å². The van der Waals surface area contributed by atoms with Crippen LogP contribution >= 0.6 is 11.6 Å². The van der Waals surface area contributed by atoms with E-state index in [1.54, 1.807) is 18.3 Å². The number of carbonyl (C=O) groups excluding carboxylic acids is 1. The van der Waals surface area contributed by atoms with Gasteiger partial charge in [0.05, 0.1) is 0 Å². The number of benzene rings is 1. The highest BCUT2D eigenvalue weighted by Crippen LogP contribution is 2.20. The van der Waals surface area contributed by atoms with Crippen LogP contribution in [0.1, 0.15) is 0 Å². The maximum atomic E-state index is 12.0. The van der Waals surface area contributed by atoms with Crippen molar-refractivity contribution in [2.24, 2.45) is 0 Å². The van der Waals surface area contributed by atoms with Crippen molar-refractivity contribution in [3.8, 4) is 0 Å². The summed E-state index contributed by atoms with van der Waals surface area (Å²) < 4.78 is 1.88. The molecule has 4 nitrogen and oxygen atoms in total. The van der Waals surface area contributed by atoms with Gasteiger partial charge in [0.2, 0.25) is 5.91 Å². The molecule has 1 aromatic carbocycles. The summed E-state index contributed by atoms with van der Waals surface area (Å²) >= 11 is 5.94. The third-order valence-corrected chi connectivity index (χ3v) is 3.21. The molecule has 3 aromatic rings. The van der Waals surface area contributed by atoms with Gasteiger partial charge in [0.15, 0.2) is 0 Å². The van der Waals surface area contributed by atoms with E-state index in [0.29, 0.717) is 10.8 Å². The highest BCUT2D eigenvalue weighted by Gasteiger charge is 2.07. The van der Waals surface area contributed by atoms with Crippen LogP contribution in [0.5, 0.6) is 0 Å². The van der Waals surface area contributed by atoms with E-state index in [4.69, 9.17) is 11.6 Å². The van der Waals surface area contributed by atoms with Gasteiger partial charge in [0, 0.05) is 28.3 Å². The van der Waals surface area contributed by atoms with Crippen LogP contribution in [-0.4, -0.2) is 15.5 Å². The molecular weight excluding hydrogens is 274 g/mol. The van der Waals surface area contributed by atoms with Gasteiger partial charge < -0.3 is 9.88 Å². The van der Waals surface area contributed by atoms with E-state index < -0.39 is 0 Å². The topological polar surface area (TPSA) is 46.9 Å². The van der Waals surface area contributed by atoms with Crippen LogP contribution < -0.4 is 5.32 Å². The molecule has 0 atom stereocenters. The molecule has 1 N–H and O–H groups in total. The zero-order chi connectivity index (χ0) is 13.9. The summed E-state index contributed by atoms with van der Waals surface area (Å²) in [6.07, 6.45) is 3.52. The van der Waals surface area contributed by atoms with Crippen LogP contribution in [0, 0.1) is 0 Å². The first kappa shape index (κ1) is 12.7. The summed E-state index contributed by atoms with van der Waals surface area (Å²) in [6, 6.07) is 12.9. The number of halogens is 1. The first-order chi connectivity index (χ1) is 9.72. The molecule has 0 fully saturated rings. The van der Waals surface area contributed by atoms with E-state index in [1.807, 2.05) is 41.1 Å². The van der Waals surface area contributed by atoms with Crippen LogP contribution in [0.25, 0.3) is 10.9 Å². The second-order valence-electron chi connectivity index (χ2n) is 4.41. The molecule has 3 rings (SSSR count). The molecule has 5 heteroatoms. The van der Waals surface area contributed by atoms with Crippen molar-refractivity contribution in [3.63, 3.8) is 0 Å². The number of hydrogen-bond donors (Lipinski definition) is 1. The summed E-state index contributed by atoms with van der Waals surface area (Å²) in [5, 5.41) is 4.46. The Hall–Kier alpha value is -2.33. The Labute approximate surface area is 121 Å². The van der Waals surface area contributed by atoms with Crippen molar-refractivity contribution in [1.29, 1.82) is 0 Å². The number of hydrogen-bond acceptors (Lipinski definition) is 2. The van der Waals surface area contributed by atoms with E-state index >= 15 is 0 Å². The first-order valence-electron chi connectivity index (χ1n) is 6.18. The van der Waals surface area contributed by atoms with E-state index in [1.165, 1.54) is 0 Å². The normalized spacial score (nSPS) is 10.7. The van der Waals surface area contributed by atoms with Gasteiger partial charge in [0.25, 0.3) is 0 Å². The zero-order valence-electron chi connectivity index (χ0n) is 10.6. The lowest BCUT2D eigenvalue weighted by molar-refractivity contribution is -0.116. The number of carbonyl (C=O) groups is 1. The minimum absolute atomic E-state index is 0.115. The largest absolute Gasteiger partial charge is 0.338 e. The summed E-state index contributed by atoms with van der Waals surface area (Å²) in [5.74, 6) is 0.438. The summed E-state index contributed by atoms with van der Waals surface area (Å²) in [5.41, 5.74) is 0.977. The summed E-state index contributed by atoms with van der Waals surface area (Å²) in [6.45, 7) is 0.238. The van der Waals surface area contributed by atoms with E-state index in [0.717, 1.165) is 10.9 Å². The quantitative estimate of drug-likeness (QED) is 0.802. The molecule has 0 unspecified atom stereocenters. The number of nitrogens with one attached hydrogen (secondary N) is 1. The van der Waals surface area contributed by atoms with E-state index in [2.05, 4.69) is 10.3 Å². The van der Waals surface area contributed by atoms with Crippen molar-refractivity contribution in [2.75, 3.05) is 5.32 Å². The van der Waals surface area contributed by atoms with Crippen LogP contribution in [0.2, 0.25) is 5.02 Å². The first-order valence-corrected chi connectivity index (χ1v) is 6.55. The van der Waals surface area contributed by atoms with Crippen molar-refractivity contribution in [2.45, 2.75) is 6.54 Å². The van der Waals surface area contributed by atoms with Crippen molar-refractivity contribution < 1.29 is 4.79 Å². The lowest BCUT2D eigenvalue weighted by atomic mass is 10.2. The average Bonchev–Trinajstić information content (AvgIpc) is 2.82. The van der Waals surface area contributed by atoms with Crippen molar-refractivity contribution in [3.05, 3.63) is 59.9 Å². The van der Waals surface area contributed by atoms with E-state index in [-0.39, 0.29) is 12.5 Å². The molecular formula is C15H12ClN3O. The highest BCUT2D eigenvalue weighted by molar-refractivity contribution is 6.31. The molecule has 0 aliphatic carbocycles. The Balaban J connectivity index is 1.78. The molecule has 2 aromatic heterocycles. The Bertz CT molecular complexity index is 752. The Morgan fingerprint density at radius 1 is 1.25 bits per heavy atom. The SMILES string of the molecule is O=C(Cn1ccc2cc(Cl)ccc21)Nc1ccccn1. The molecule has 0 saturated carbocycles. The maximum absolute atomic E-state index is 12.0. The molecule has 1 amide bonds. The minimum atomic E-state index is -0.115. The number of fused-ring (bicyclic) bond motifs is 1. The molecule has 0 radical (unpaired) electrons. The average molecular weight is 286 g/mol. The molecule has 0 aliphatic heterocycles. The smallest absolute Gasteiger partial charge is 0.245 e. The molecule has 2 heterocycles. The van der Waals surface area contributed by atoms with Crippen LogP contribution in [0.3, 0.4) is 0 Å². The van der Waals surface area contributed by atoms with Crippen LogP contribution in [0.15, 0.2) is 54.9 Å². The minimum Gasteiger partial charge on any atom is -0.338 e. The van der Waals surface area contributed by atoms with Gasteiger partial charge in [-0.2, -0.15) is 0 Å². The standard InChI is InChI=1S/C15H12ClN3O/c16-12-4-5-13-11(9-12)6-8-19(13)10-15(20)18-14-3-1-2-7-17-14/h1-9H,10H2,(H,17,18,20). The number of nitrogens with zero attached hydrogens (tertiary/aromatic N) is 2. The lowest BCUT2D eigenvalue weighted by Gasteiger charge is -2.06. The fraction of sp³-hybridized carbons (Fsp3) is 0.0667. The monoisotopic (exact) mass is 285 g/mol. The van der Waals surface area contributed by atoms with Crippen LogP contribution in [0.4, 0.5) is 5.82 Å². The summed E-state index contributed by atoms with van der Waals surface area (Å²) in [4.78, 5) is 16.1. The lowest BCUT2D eigenvalue weighted by Crippen LogP contribution is -2.18. The Morgan fingerprint density at radius 2 is 2.15 bits per heavy atom. The van der Waals surface area contributed by atoms with E-state index in [9.17, 15) is 4.79 Å². The third-order valence-electron chi connectivity index (χ3n) is 2.98. The molecule has 20 heavy (non-hydrogen) atoms. The second-order valence-corrected chi connectivity index (χ2v) is 4.85. The molecule has 100 valence electrons. The van der Waals surface area contributed by atoms with Gasteiger partial charge in [-0.25, -0.2) is 4.98 Å². The van der Waals surface area contributed by atoms with Gasteiger partial charge >= 0.3 is 0 Å². The molecule has 0 saturated heterocycles. The van der Waals surface area contributed by atoms with Gasteiger partial charge in [-0.3, -0.25) is 4.79 Å². The number of amides is 1. The summed E-state index contributed by atoms with van der Waals surface area (Å²) in [7, 11) is 0. The van der Waals surface area contributed by atoms with Gasteiger partial charge in [-0.15, -0.1) is 0 Å². The van der Waals surface area contributed by atoms with Gasteiger partial charge in [-0.1, -0.05) is 17.7 Å². The number of pyridine rings is 1. The van der Waals surface area contributed by atoms with Gasteiger partial charge in [0.1, 0.15) is 12.4 Å². The second kappa shape index (κ2) is 5.35. The maximum Gasteiger partial charge on any atom is 0.245 e. The number of rotatable bonds is 3. The Morgan fingerprint density at radius 3 is 2.95 bits per heavy atom. The van der Waals surface area contributed by atoms with Gasteiger partial charge in [-0.05, 0) is 36.4 Å². The van der Waals surface area contributed by atoms with Crippen LogP contribution in [-0.2, 0) is 11.3 Å². The molecule has 0 bridgehead atoms. The number of anilines is 1.